The van der Waals surface area contributed by atoms with Crippen LogP contribution < -0.4 is 5.32 Å². The lowest BCUT2D eigenvalue weighted by Crippen LogP contribution is -2.03. The van der Waals surface area contributed by atoms with Crippen LogP contribution in [0.15, 0.2) is 36.4 Å². The van der Waals surface area contributed by atoms with E-state index in [0.29, 0.717) is 0 Å². The van der Waals surface area contributed by atoms with Crippen molar-refractivity contribution in [3.8, 4) is 0 Å². The molecule has 0 aliphatic carbocycles. The molecular formula is C16H18IN. The van der Waals surface area contributed by atoms with E-state index in [2.05, 4.69) is 85.1 Å². The van der Waals surface area contributed by atoms with Gasteiger partial charge in [0.1, 0.15) is 0 Å². The first-order valence-corrected chi connectivity index (χ1v) is 7.21. The molecule has 0 aliphatic rings. The molecule has 0 unspecified atom stereocenters. The summed E-state index contributed by atoms with van der Waals surface area (Å²) in [6.07, 6.45) is 0. The van der Waals surface area contributed by atoms with Gasteiger partial charge in [-0.05, 0) is 77.7 Å². The molecule has 0 atom stereocenters. The third-order valence-electron chi connectivity index (χ3n) is 3.29. The fourth-order valence-corrected chi connectivity index (χ4v) is 2.54. The Balaban J connectivity index is 2.14. The van der Waals surface area contributed by atoms with E-state index in [1.165, 1.54) is 31.5 Å². The number of anilines is 1. The Bertz CT molecular complexity index is 541. The van der Waals surface area contributed by atoms with Gasteiger partial charge in [-0.2, -0.15) is 0 Å². The Kier molecular flexibility index (Phi) is 4.27. The summed E-state index contributed by atoms with van der Waals surface area (Å²) < 4.78 is 1.30. The van der Waals surface area contributed by atoms with Gasteiger partial charge in [0.05, 0.1) is 0 Å². The quantitative estimate of drug-likeness (QED) is 0.781. The number of hydrogen-bond donors (Lipinski definition) is 1. The van der Waals surface area contributed by atoms with Crippen LogP contribution >= 0.6 is 22.6 Å². The minimum Gasteiger partial charge on any atom is -0.381 e. The molecule has 0 spiro atoms. The summed E-state index contributed by atoms with van der Waals surface area (Å²) in [5.74, 6) is 0. The van der Waals surface area contributed by atoms with Crippen LogP contribution in [-0.4, -0.2) is 0 Å². The zero-order chi connectivity index (χ0) is 13.1. The number of aryl methyl sites for hydroxylation is 3. The smallest absolute Gasteiger partial charge is 0.0406 e. The van der Waals surface area contributed by atoms with Crippen LogP contribution in [0.4, 0.5) is 5.69 Å². The monoisotopic (exact) mass is 351 g/mol. The van der Waals surface area contributed by atoms with Gasteiger partial charge in [-0.15, -0.1) is 0 Å². The molecule has 1 N–H and O–H groups in total. The van der Waals surface area contributed by atoms with Crippen molar-refractivity contribution in [1.29, 1.82) is 0 Å². The van der Waals surface area contributed by atoms with Gasteiger partial charge in [-0.3, -0.25) is 0 Å². The molecule has 0 bridgehead atoms. The maximum absolute atomic E-state index is 3.51. The molecule has 18 heavy (non-hydrogen) atoms. The Morgan fingerprint density at radius 3 is 2.22 bits per heavy atom. The van der Waals surface area contributed by atoms with Crippen LogP contribution in [0, 0.1) is 24.3 Å². The molecule has 0 aliphatic heterocycles. The zero-order valence-electron chi connectivity index (χ0n) is 11.0. The summed E-state index contributed by atoms with van der Waals surface area (Å²) in [5, 5.41) is 3.51. The first-order chi connectivity index (χ1) is 8.58. The second-order valence-corrected chi connectivity index (χ2v) is 5.85. The molecule has 2 aromatic carbocycles. The molecule has 2 rings (SSSR count). The average Bonchev–Trinajstić information content (AvgIpc) is 2.33. The molecule has 1 nitrogen and oxygen atoms in total. The number of benzene rings is 2. The van der Waals surface area contributed by atoms with Gasteiger partial charge >= 0.3 is 0 Å². The molecule has 0 heterocycles. The summed E-state index contributed by atoms with van der Waals surface area (Å²) >= 11 is 2.38. The molecule has 0 aromatic heterocycles. The third kappa shape index (κ3) is 3.05. The molecular weight excluding hydrogens is 333 g/mol. The van der Waals surface area contributed by atoms with Crippen molar-refractivity contribution in [3.63, 3.8) is 0 Å². The topological polar surface area (TPSA) is 12.0 Å². The fourth-order valence-electron chi connectivity index (χ4n) is 2.02. The Morgan fingerprint density at radius 1 is 0.944 bits per heavy atom. The molecule has 0 radical (unpaired) electrons. The maximum Gasteiger partial charge on any atom is 0.0406 e. The second kappa shape index (κ2) is 5.74. The Morgan fingerprint density at radius 2 is 1.61 bits per heavy atom. The van der Waals surface area contributed by atoms with Crippen molar-refractivity contribution in [1.82, 2.24) is 0 Å². The summed E-state index contributed by atoms with van der Waals surface area (Å²) in [5.41, 5.74) is 6.61. The van der Waals surface area contributed by atoms with E-state index < -0.39 is 0 Å². The highest BCUT2D eigenvalue weighted by molar-refractivity contribution is 14.1. The first kappa shape index (κ1) is 13.4. The molecule has 0 saturated heterocycles. The van der Waals surface area contributed by atoms with Crippen LogP contribution in [0.1, 0.15) is 22.3 Å². The largest absolute Gasteiger partial charge is 0.381 e. The molecule has 2 heteroatoms. The predicted octanol–water partition coefficient (Wildman–Crippen LogP) is 4.83. The highest BCUT2D eigenvalue weighted by atomic mass is 127. The lowest BCUT2D eigenvalue weighted by Gasteiger charge is -2.12. The summed E-state index contributed by atoms with van der Waals surface area (Å²) in [7, 11) is 0. The van der Waals surface area contributed by atoms with Crippen molar-refractivity contribution >= 4 is 28.3 Å². The van der Waals surface area contributed by atoms with Gasteiger partial charge in [-0.1, -0.05) is 24.3 Å². The van der Waals surface area contributed by atoms with Crippen LogP contribution in [0.2, 0.25) is 0 Å². The lowest BCUT2D eigenvalue weighted by atomic mass is 10.0. The molecule has 0 saturated carbocycles. The van der Waals surface area contributed by atoms with E-state index in [-0.39, 0.29) is 0 Å². The van der Waals surface area contributed by atoms with Gasteiger partial charge in [0.2, 0.25) is 0 Å². The average molecular weight is 351 g/mol. The normalized spacial score (nSPS) is 10.4. The van der Waals surface area contributed by atoms with E-state index in [0.717, 1.165) is 6.54 Å². The van der Waals surface area contributed by atoms with E-state index >= 15 is 0 Å². The highest BCUT2D eigenvalue weighted by Gasteiger charge is 2.02. The Labute approximate surface area is 123 Å². The van der Waals surface area contributed by atoms with Crippen LogP contribution in [0.25, 0.3) is 0 Å². The number of nitrogens with one attached hydrogen (secondary N) is 1. The Hall–Kier alpha value is -1.03. The fraction of sp³-hybridized carbons (Fsp3) is 0.250. The van der Waals surface area contributed by atoms with E-state index in [4.69, 9.17) is 0 Å². The second-order valence-electron chi connectivity index (χ2n) is 4.69. The van der Waals surface area contributed by atoms with Gasteiger partial charge < -0.3 is 5.32 Å². The summed E-state index contributed by atoms with van der Waals surface area (Å²) in [6, 6.07) is 13.0. The minimum atomic E-state index is 0.887. The van der Waals surface area contributed by atoms with E-state index in [1.807, 2.05) is 0 Å². The van der Waals surface area contributed by atoms with Crippen molar-refractivity contribution in [2.45, 2.75) is 27.3 Å². The number of halogens is 1. The van der Waals surface area contributed by atoms with Gasteiger partial charge in [0.15, 0.2) is 0 Å². The van der Waals surface area contributed by atoms with Gasteiger partial charge in [0.25, 0.3) is 0 Å². The third-order valence-corrected chi connectivity index (χ3v) is 4.45. The van der Waals surface area contributed by atoms with E-state index in [9.17, 15) is 0 Å². The summed E-state index contributed by atoms with van der Waals surface area (Å²) in [4.78, 5) is 0. The number of hydrogen-bond acceptors (Lipinski definition) is 1. The maximum atomic E-state index is 3.51. The van der Waals surface area contributed by atoms with Crippen molar-refractivity contribution < 1.29 is 0 Å². The standard InChI is InChI=1S/C16H18IN/c1-11-5-4-6-12(2)15(11)10-18-14-8-7-13(3)16(17)9-14/h4-9,18H,10H2,1-3H3. The van der Waals surface area contributed by atoms with Crippen molar-refractivity contribution in [3.05, 3.63) is 62.2 Å². The predicted molar refractivity (Wildman–Crippen MR) is 87.1 cm³/mol. The molecule has 0 fully saturated rings. The zero-order valence-corrected chi connectivity index (χ0v) is 13.2. The summed E-state index contributed by atoms with van der Waals surface area (Å²) in [6.45, 7) is 7.36. The minimum absolute atomic E-state index is 0.887. The van der Waals surface area contributed by atoms with E-state index in [1.54, 1.807) is 0 Å². The van der Waals surface area contributed by atoms with Crippen LogP contribution in [0.5, 0.6) is 0 Å². The molecule has 94 valence electrons. The van der Waals surface area contributed by atoms with Gasteiger partial charge in [0, 0.05) is 15.8 Å². The first-order valence-electron chi connectivity index (χ1n) is 6.13. The van der Waals surface area contributed by atoms with Crippen molar-refractivity contribution in [2.75, 3.05) is 5.32 Å². The van der Waals surface area contributed by atoms with Crippen LogP contribution in [-0.2, 0) is 6.54 Å². The highest BCUT2D eigenvalue weighted by Crippen LogP contribution is 2.19. The SMILES string of the molecule is Cc1ccc(NCc2c(C)cccc2C)cc1I. The van der Waals surface area contributed by atoms with Gasteiger partial charge in [-0.25, -0.2) is 0 Å². The van der Waals surface area contributed by atoms with Crippen molar-refractivity contribution in [2.24, 2.45) is 0 Å². The lowest BCUT2D eigenvalue weighted by molar-refractivity contribution is 1.09. The number of rotatable bonds is 3. The van der Waals surface area contributed by atoms with Crippen LogP contribution in [0.3, 0.4) is 0 Å². The molecule has 2 aromatic rings. The molecule has 0 amide bonds.